The number of aliphatic hydroxyl groups is 1. The van der Waals surface area contributed by atoms with E-state index in [2.05, 4.69) is 11.8 Å². The van der Waals surface area contributed by atoms with Gasteiger partial charge in [-0.25, -0.2) is 0 Å². The molecule has 1 N–H and O–H groups in total. The average molecular weight is 326 g/mol. The molecule has 1 aromatic rings. The zero-order chi connectivity index (χ0) is 16.5. The van der Waals surface area contributed by atoms with E-state index >= 15 is 0 Å². The Balaban J connectivity index is 1.62. The summed E-state index contributed by atoms with van der Waals surface area (Å²) in [4.78, 5) is 7.64. The molecular weight excluding hydrogens is 300 g/mol. The van der Waals surface area contributed by atoms with Gasteiger partial charge in [0.05, 0.1) is 18.5 Å². The number of nitrogens with zero attached hydrogens (tertiary/aromatic N) is 2. The molecule has 0 aromatic heterocycles. The van der Waals surface area contributed by atoms with Crippen LogP contribution in [-0.4, -0.2) is 42.0 Å². The largest absolute Gasteiger partial charge is 0.497 e. The molecule has 4 bridgehead atoms. The normalized spacial score (nSPS) is 42.1. The number of fused-ring (bicyclic) bond motifs is 4. The number of ether oxygens (including phenoxy) is 1. The third-order valence-electron chi connectivity index (χ3n) is 6.98. The highest BCUT2D eigenvalue weighted by molar-refractivity contribution is 6.02. The molecule has 4 aliphatic heterocycles. The molecule has 6 rings (SSSR count). The minimum absolute atomic E-state index is 0.411. The van der Waals surface area contributed by atoms with E-state index in [-0.39, 0.29) is 0 Å². The summed E-state index contributed by atoms with van der Waals surface area (Å²) in [6.45, 7) is 4.51. The molecule has 5 aliphatic rings. The van der Waals surface area contributed by atoms with Gasteiger partial charge >= 0.3 is 0 Å². The molecule has 4 nitrogen and oxygen atoms in total. The fourth-order valence-corrected chi connectivity index (χ4v) is 5.96. The van der Waals surface area contributed by atoms with E-state index in [1.54, 1.807) is 7.11 Å². The molecular formula is C20H26N2O2. The Morgan fingerprint density at radius 2 is 2.25 bits per heavy atom. The van der Waals surface area contributed by atoms with Gasteiger partial charge < -0.3 is 9.84 Å². The van der Waals surface area contributed by atoms with E-state index in [9.17, 15) is 5.11 Å². The van der Waals surface area contributed by atoms with Gasteiger partial charge in [-0.15, -0.1) is 0 Å². The SMILES string of the molecule is CCC1CC2CC3C4=Nc5ccc(OC)cc5C4(O)CCN(C2)C13. The monoisotopic (exact) mass is 326 g/mol. The smallest absolute Gasteiger partial charge is 0.131 e. The van der Waals surface area contributed by atoms with Crippen LogP contribution < -0.4 is 4.74 Å². The number of piperidine rings is 2. The van der Waals surface area contributed by atoms with Crippen molar-refractivity contribution in [3.63, 3.8) is 0 Å². The lowest BCUT2D eigenvalue weighted by molar-refractivity contribution is -0.0182. The Labute approximate surface area is 143 Å². The maximum atomic E-state index is 11.7. The number of hydrogen-bond acceptors (Lipinski definition) is 4. The van der Waals surface area contributed by atoms with E-state index in [4.69, 9.17) is 9.73 Å². The number of hydrogen-bond donors (Lipinski definition) is 1. The minimum Gasteiger partial charge on any atom is -0.497 e. The Morgan fingerprint density at radius 1 is 1.38 bits per heavy atom. The molecule has 6 unspecified atom stereocenters. The summed E-state index contributed by atoms with van der Waals surface area (Å²) < 4.78 is 5.39. The summed E-state index contributed by atoms with van der Waals surface area (Å²) in [7, 11) is 1.68. The van der Waals surface area contributed by atoms with Gasteiger partial charge in [-0.2, -0.15) is 0 Å². The molecule has 4 heteroatoms. The van der Waals surface area contributed by atoms with Crippen molar-refractivity contribution in [1.82, 2.24) is 4.90 Å². The van der Waals surface area contributed by atoms with E-state index in [1.807, 2.05) is 18.2 Å². The van der Waals surface area contributed by atoms with Crippen molar-refractivity contribution in [3.8, 4) is 5.75 Å². The first-order valence-corrected chi connectivity index (χ1v) is 9.38. The summed E-state index contributed by atoms with van der Waals surface area (Å²) in [5.41, 5.74) is 2.04. The van der Waals surface area contributed by atoms with Crippen LogP contribution in [0.1, 0.15) is 38.2 Å². The van der Waals surface area contributed by atoms with E-state index in [0.29, 0.717) is 12.0 Å². The maximum Gasteiger partial charge on any atom is 0.131 e. The fraction of sp³-hybridized carbons (Fsp3) is 0.650. The van der Waals surface area contributed by atoms with Crippen LogP contribution in [0.4, 0.5) is 5.69 Å². The van der Waals surface area contributed by atoms with Crippen molar-refractivity contribution >= 4 is 11.4 Å². The summed E-state index contributed by atoms with van der Waals surface area (Å²) in [5, 5.41) is 11.7. The zero-order valence-electron chi connectivity index (χ0n) is 14.5. The molecule has 1 aromatic carbocycles. The van der Waals surface area contributed by atoms with Crippen molar-refractivity contribution in [3.05, 3.63) is 23.8 Å². The van der Waals surface area contributed by atoms with Crippen LogP contribution in [0.2, 0.25) is 0 Å². The predicted octanol–water partition coefficient (Wildman–Crippen LogP) is 3.11. The van der Waals surface area contributed by atoms with Crippen LogP contribution >= 0.6 is 0 Å². The number of benzene rings is 1. The van der Waals surface area contributed by atoms with Gasteiger partial charge in [0.25, 0.3) is 0 Å². The lowest BCUT2D eigenvalue weighted by atomic mass is 9.63. The van der Waals surface area contributed by atoms with Gasteiger partial charge in [0.15, 0.2) is 0 Å². The molecule has 0 radical (unpaired) electrons. The van der Waals surface area contributed by atoms with Gasteiger partial charge in [-0.05, 0) is 49.3 Å². The van der Waals surface area contributed by atoms with Crippen LogP contribution in [0.25, 0.3) is 0 Å². The van der Waals surface area contributed by atoms with Gasteiger partial charge in [-0.3, -0.25) is 9.89 Å². The van der Waals surface area contributed by atoms with Crippen LogP contribution in [-0.2, 0) is 5.60 Å². The van der Waals surface area contributed by atoms with Crippen molar-refractivity contribution in [2.24, 2.45) is 22.7 Å². The Hall–Kier alpha value is -1.39. The van der Waals surface area contributed by atoms with Gasteiger partial charge in [0, 0.05) is 30.6 Å². The third kappa shape index (κ3) is 1.84. The molecule has 1 saturated carbocycles. The summed E-state index contributed by atoms with van der Waals surface area (Å²) >= 11 is 0. The van der Waals surface area contributed by atoms with Gasteiger partial charge in [0.2, 0.25) is 0 Å². The summed E-state index contributed by atoms with van der Waals surface area (Å²) in [5.74, 6) is 2.74. The number of aliphatic imine (C=N–C) groups is 1. The molecule has 0 spiro atoms. The highest BCUT2D eigenvalue weighted by atomic mass is 16.5. The molecule has 1 aliphatic carbocycles. The number of rotatable bonds is 2. The Morgan fingerprint density at radius 3 is 3.04 bits per heavy atom. The summed E-state index contributed by atoms with van der Waals surface area (Å²) in [6, 6.07) is 6.52. The first-order chi connectivity index (χ1) is 11.6. The van der Waals surface area contributed by atoms with Crippen molar-refractivity contribution in [2.75, 3.05) is 20.2 Å². The van der Waals surface area contributed by atoms with Crippen molar-refractivity contribution < 1.29 is 9.84 Å². The van der Waals surface area contributed by atoms with Crippen LogP contribution in [0.3, 0.4) is 0 Å². The molecule has 6 atom stereocenters. The fourth-order valence-electron chi connectivity index (χ4n) is 5.96. The molecule has 24 heavy (non-hydrogen) atoms. The standard InChI is InChI=1S/C20H26N2O2/c1-3-13-8-12-9-15-18(13)22(11-12)7-6-20(23)16-10-14(24-2)4-5-17(16)21-19(15)20/h4-5,10,12-13,15,18,23H,3,6-9,11H2,1-2H3. The first kappa shape index (κ1) is 14.9. The molecule has 4 fully saturated rings. The predicted molar refractivity (Wildman–Crippen MR) is 94.0 cm³/mol. The van der Waals surface area contributed by atoms with E-state index < -0.39 is 5.60 Å². The van der Waals surface area contributed by atoms with Crippen LogP contribution in [0, 0.1) is 17.8 Å². The highest BCUT2D eigenvalue weighted by Crippen LogP contribution is 2.53. The first-order valence-electron chi connectivity index (χ1n) is 9.38. The van der Waals surface area contributed by atoms with E-state index in [1.165, 1.54) is 25.8 Å². The Kier molecular flexibility index (Phi) is 3.14. The molecule has 128 valence electrons. The lowest BCUT2D eigenvalue weighted by Crippen LogP contribution is -2.58. The minimum atomic E-state index is -0.897. The molecule has 3 saturated heterocycles. The van der Waals surface area contributed by atoms with Crippen molar-refractivity contribution in [1.29, 1.82) is 0 Å². The topological polar surface area (TPSA) is 45.1 Å². The van der Waals surface area contributed by atoms with Crippen molar-refractivity contribution in [2.45, 2.75) is 44.2 Å². The average Bonchev–Trinajstić information content (AvgIpc) is 2.88. The molecule has 4 heterocycles. The lowest BCUT2D eigenvalue weighted by Gasteiger charge is -2.53. The zero-order valence-corrected chi connectivity index (χ0v) is 14.5. The number of methoxy groups -OCH3 is 1. The van der Waals surface area contributed by atoms with E-state index in [0.717, 1.165) is 47.5 Å². The van der Waals surface area contributed by atoms with Gasteiger partial charge in [-0.1, -0.05) is 13.3 Å². The summed E-state index contributed by atoms with van der Waals surface area (Å²) in [6.07, 6.45) is 4.55. The van der Waals surface area contributed by atoms with Gasteiger partial charge in [0.1, 0.15) is 11.4 Å². The second kappa shape index (κ2) is 5.06. The maximum absolute atomic E-state index is 11.7. The van der Waals surface area contributed by atoms with Crippen LogP contribution in [0.15, 0.2) is 23.2 Å². The highest BCUT2D eigenvalue weighted by Gasteiger charge is 2.56. The quantitative estimate of drug-likeness (QED) is 0.908. The molecule has 0 amide bonds. The second-order valence-corrected chi connectivity index (χ2v) is 8.09. The third-order valence-corrected chi connectivity index (χ3v) is 6.98. The van der Waals surface area contributed by atoms with Crippen LogP contribution in [0.5, 0.6) is 5.75 Å². The second-order valence-electron chi connectivity index (χ2n) is 8.09. The Bertz CT molecular complexity index is 716.